The molecule has 2 heteroatoms. The molecule has 1 unspecified atom stereocenters. The van der Waals surface area contributed by atoms with Gasteiger partial charge in [-0.1, -0.05) is 43.2 Å². The molecule has 0 spiro atoms. The predicted molar refractivity (Wildman–Crippen MR) is 66.3 cm³/mol. The van der Waals surface area contributed by atoms with E-state index in [4.69, 9.17) is 10.5 Å². The first kappa shape index (κ1) is 11.6. The lowest BCUT2D eigenvalue weighted by Gasteiger charge is -2.28. The molecule has 0 aliphatic heterocycles. The average molecular weight is 219 g/mol. The number of nitrogens with two attached hydrogens (primary N) is 1. The topological polar surface area (TPSA) is 35.2 Å². The van der Waals surface area contributed by atoms with E-state index in [1.54, 1.807) is 0 Å². The lowest BCUT2D eigenvalue weighted by atomic mass is 9.93. The molecule has 0 amide bonds. The number of hydrogen-bond acceptors (Lipinski definition) is 2. The molecule has 1 aliphatic carbocycles. The second-order valence-electron chi connectivity index (χ2n) is 4.59. The van der Waals surface area contributed by atoms with Gasteiger partial charge >= 0.3 is 0 Å². The molecular formula is C14H21NO. The van der Waals surface area contributed by atoms with Crippen molar-refractivity contribution in [2.45, 2.75) is 44.2 Å². The van der Waals surface area contributed by atoms with E-state index in [1.807, 2.05) is 6.07 Å². The third kappa shape index (κ3) is 3.32. The van der Waals surface area contributed by atoms with E-state index in [0.717, 1.165) is 25.9 Å². The van der Waals surface area contributed by atoms with Gasteiger partial charge in [0.05, 0.1) is 12.7 Å². The van der Waals surface area contributed by atoms with Crippen LogP contribution in [0.1, 0.15) is 31.2 Å². The standard InChI is InChI=1S/C14H21NO/c15-13-8-4-5-9-14(13)16-11-10-12-6-2-1-3-7-12/h1-3,6-7,13-14H,4-5,8-11,15H2/t13-,14?/m1/s1. The minimum absolute atomic E-state index is 0.254. The van der Waals surface area contributed by atoms with Gasteiger partial charge in [0, 0.05) is 6.04 Å². The molecule has 0 bridgehead atoms. The number of ether oxygens (including phenoxy) is 1. The average Bonchev–Trinajstić information content (AvgIpc) is 2.33. The van der Waals surface area contributed by atoms with Gasteiger partial charge in [-0.15, -0.1) is 0 Å². The summed E-state index contributed by atoms with van der Waals surface area (Å²) in [7, 11) is 0. The highest BCUT2D eigenvalue weighted by molar-refractivity contribution is 5.14. The SMILES string of the molecule is N[C@@H]1CCCCC1OCCc1ccccc1. The maximum atomic E-state index is 6.03. The molecular weight excluding hydrogens is 198 g/mol. The maximum Gasteiger partial charge on any atom is 0.0726 e. The van der Waals surface area contributed by atoms with Crippen LogP contribution in [0.15, 0.2) is 30.3 Å². The van der Waals surface area contributed by atoms with Crippen LogP contribution in [0.25, 0.3) is 0 Å². The van der Waals surface area contributed by atoms with Crippen molar-refractivity contribution in [3.8, 4) is 0 Å². The molecule has 2 atom stereocenters. The monoisotopic (exact) mass is 219 g/mol. The summed E-state index contributed by atoms with van der Waals surface area (Å²) in [5, 5.41) is 0. The van der Waals surface area contributed by atoms with E-state index in [2.05, 4.69) is 24.3 Å². The first-order valence-electron chi connectivity index (χ1n) is 6.27. The maximum absolute atomic E-state index is 6.03. The molecule has 1 fully saturated rings. The van der Waals surface area contributed by atoms with Gasteiger partial charge in [0.1, 0.15) is 0 Å². The minimum Gasteiger partial charge on any atom is -0.376 e. The van der Waals surface area contributed by atoms with Crippen molar-refractivity contribution < 1.29 is 4.74 Å². The van der Waals surface area contributed by atoms with Gasteiger partial charge in [-0.05, 0) is 24.8 Å². The summed E-state index contributed by atoms with van der Waals surface area (Å²) >= 11 is 0. The second-order valence-corrected chi connectivity index (χ2v) is 4.59. The van der Waals surface area contributed by atoms with Crippen LogP contribution in [0.2, 0.25) is 0 Å². The quantitative estimate of drug-likeness (QED) is 0.844. The lowest BCUT2D eigenvalue weighted by Crippen LogP contribution is -2.39. The van der Waals surface area contributed by atoms with Crippen molar-refractivity contribution in [2.75, 3.05) is 6.61 Å². The molecule has 1 saturated carbocycles. The molecule has 1 aliphatic rings. The van der Waals surface area contributed by atoms with Gasteiger partial charge in [0.25, 0.3) is 0 Å². The smallest absolute Gasteiger partial charge is 0.0726 e. The molecule has 2 nitrogen and oxygen atoms in total. The molecule has 88 valence electrons. The van der Waals surface area contributed by atoms with Crippen LogP contribution < -0.4 is 5.73 Å². The van der Waals surface area contributed by atoms with Gasteiger partial charge < -0.3 is 10.5 Å². The third-order valence-electron chi connectivity index (χ3n) is 3.32. The summed E-state index contributed by atoms with van der Waals surface area (Å²) < 4.78 is 5.87. The van der Waals surface area contributed by atoms with Crippen LogP contribution in [0.4, 0.5) is 0 Å². The van der Waals surface area contributed by atoms with Crippen molar-refractivity contribution in [3.63, 3.8) is 0 Å². The van der Waals surface area contributed by atoms with Crippen molar-refractivity contribution >= 4 is 0 Å². The van der Waals surface area contributed by atoms with Gasteiger partial charge in [0.15, 0.2) is 0 Å². The van der Waals surface area contributed by atoms with Crippen molar-refractivity contribution in [2.24, 2.45) is 5.73 Å². The van der Waals surface area contributed by atoms with Crippen LogP contribution >= 0.6 is 0 Å². The number of benzene rings is 1. The number of hydrogen-bond donors (Lipinski definition) is 1. The molecule has 0 aromatic heterocycles. The second kappa shape index (κ2) is 6.02. The molecule has 1 aromatic carbocycles. The van der Waals surface area contributed by atoms with Crippen LogP contribution in [-0.4, -0.2) is 18.8 Å². The Kier molecular flexibility index (Phi) is 4.37. The van der Waals surface area contributed by atoms with Crippen molar-refractivity contribution in [1.29, 1.82) is 0 Å². The Morgan fingerprint density at radius 1 is 1.12 bits per heavy atom. The molecule has 1 aromatic rings. The fraction of sp³-hybridized carbons (Fsp3) is 0.571. The zero-order valence-electron chi connectivity index (χ0n) is 9.77. The molecule has 2 N–H and O–H groups in total. The Labute approximate surface area is 97.8 Å². The zero-order valence-corrected chi connectivity index (χ0v) is 9.77. The number of rotatable bonds is 4. The first-order chi connectivity index (χ1) is 7.86. The van der Waals surface area contributed by atoms with Crippen LogP contribution in [0, 0.1) is 0 Å². The summed E-state index contributed by atoms with van der Waals surface area (Å²) in [6, 6.07) is 10.7. The highest BCUT2D eigenvalue weighted by Gasteiger charge is 2.21. The summed E-state index contributed by atoms with van der Waals surface area (Å²) in [5.74, 6) is 0. The van der Waals surface area contributed by atoms with E-state index in [9.17, 15) is 0 Å². The van der Waals surface area contributed by atoms with Gasteiger partial charge in [-0.2, -0.15) is 0 Å². The van der Waals surface area contributed by atoms with E-state index in [1.165, 1.54) is 18.4 Å². The lowest BCUT2D eigenvalue weighted by molar-refractivity contribution is 0.0169. The molecule has 16 heavy (non-hydrogen) atoms. The Hall–Kier alpha value is -0.860. The molecule has 2 rings (SSSR count). The minimum atomic E-state index is 0.254. The summed E-state index contributed by atoms with van der Waals surface area (Å²) in [4.78, 5) is 0. The summed E-state index contributed by atoms with van der Waals surface area (Å²) in [6.07, 6.45) is 6.07. The Morgan fingerprint density at radius 2 is 1.88 bits per heavy atom. The van der Waals surface area contributed by atoms with Gasteiger partial charge in [-0.25, -0.2) is 0 Å². The van der Waals surface area contributed by atoms with Crippen LogP contribution in [-0.2, 0) is 11.2 Å². The Bertz CT molecular complexity index is 299. The Balaban J connectivity index is 1.71. The highest BCUT2D eigenvalue weighted by atomic mass is 16.5. The van der Waals surface area contributed by atoms with Crippen molar-refractivity contribution in [3.05, 3.63) is 35.9 Å². The van der Waals surface area contributed by atoms with E-state index in [0.29, 0.717) is 0 Å². The van der Waals surface area contributed by atoms with Gasteiger partial charge in [0.2, 0.25) is 0 Å². The van der Waals surface area contributed by atoms with Crippen LogP contribution in [0.5, 0.6) is 0 Å². The first-order valence-corrected chi connectivity index (χ1v) is 6.27. The van der Waals surface area contributed by atoms with E-state index >= 15 is 0 Å². The predicted octanol–water partition coefficient (Wildman–Crippen LogP) is 2.52. The van der Waals surface area contributed by atoms with Gasteiger partial charge in [-0.3, -0.25) is 0 Å². The zero-order chi connectivity index (χ0) is 11.2. The largest absolute Gasteiger partial charge is 0.376 e. The molecule has 0 saturated heterocycles. The van der Waals surface area contributed by atoms with E-state index < -0.39 is 0 Å². The summed E-state index contributed by atoms with van der Waals surface area (Å²) in [6.45, 7) is 0.794. The molecule has 0 radical (unpaired) electrons. The summed E-state index contributed by atoms with van der Waals surface area (Å²) in [5.41, 5.74) is 7.37. The third-order valence-corrected chi connectivity index (χ3v) is 3.32. The van der Waals surface area contributed by atoms with E-state index in [-0.39, 0.29) is 12.1 Å². The molecule has 0 heterocycles. The van der Waals surface area contributed by atoms with Crippen molar-refractivity contribution in [1.82, 2.24) is 0 Å². The fourth-order valence-corrected chi connectivity index (χ4v) is 2.31. The Morgan fingerprint density at radius 3 is 2.62 bits per heavy atom. The fourth-order valence-electron chi connectivity index (χ4n) is 2.31. The normalized spacial score (nSPS) is 25.6. The highest BCUT2D eigenvalue weighted by Crippen LogP contribution is 2.19. The van der Waals surface area contributed by atoms with Crippen LogP contribution in [0.3, 0.4) is 0 Å².